The largest absolute Gasteiger partial charge is 0.347 e. The van der Waals surface area contributed by atoms with Crippen LogP contribution in [0.5, 0.6) is 0 Å². The lowest BCUT2D eigenvalue weighted by molar-refractivity contribution is -0.121. The van der Waals surface area contributed by atoms with Crippen molar-refractivity contribution in [3.05, 3.63) is 76.7 Å². The van der Waals surface area contributed by atoms with E-state index in [9.17, 15) is 4.79 Å². The van der Waals surface area contributed by atoms with Crippen LogP contribution in [0.2, 0.25) is 0 Å². The van der Waals surface area contributed by atoms with Crippen LogP contribution in [0.4, 0.5) is 0 Å². The van der Waals surface area contributed by atoms with Crippen molar-refractivity contribution in [1.29, 1.82) is 0 Å². The van der Waals surface area contributed by atoms with Gasteiger partial charge in [0, 0.05) is 17.3 Å². The minimum absolute atomic E-state index is 0.0310. The van der Waals surface area contributed by atoms with E-state index in [0.29, 0.717) is 13.0 Å². The normalized spacial score (nSPS) is 12.0. The Kier molecular flexibility index (Phi) is 4.65. The van der Waals surface area contributed by atoms with Gasteiger partial charge in [-0.2, -0.15) is 5.10 Å². The fourth-order valence-corrected chi connectivity index (χ4v) is 3.04. The molecule has 2 aromatic heterocycles. The molecule has 1 atom stereocenters. The van der Waals surface area contributed by atoms with Gasteiger partial charge in [-0.1, -0.05) is 36.4 Å². The van der Waals surface area contributed by atoms with Crippen LogP contribution >= 0.6 is 11.3 Å². The van der Waals surface area contributed by atoms with Gasteiger partial charge in [-0.3, -0.25) is 9.48 Å². The van der Waals surface area contributed by atoms with Gasteiger partial charge in [0.15, 0.2) is 0 Å². The molecule has 3 rings (SSSR count). The quantitative estimate of drug-likeness (QED) is 0.760. The van der Waals surface area contributed by atoms with Crippen molar-refractivity contribution in [3.8, 4) is 0 Å². The summed E-state index contributed by atoms with van der Waals surface area (Å²) in [4.78, 5) is 13.4. The number of rotatable bonds is 6. The second-order valence-electron chi connectivity index (χ2n) is 5.02. The van der Waals surface area contributed by atoms with Gasteiger partial charge in [0.25, 0.3) is 0 Å². The molecule has 4 nitrogen and oxygen atoms in total. The maximum atomic E-state index is 12.3. The zero-order chi connectivity index (χ0) is 15.2. The van der Waals surface area contributed by atoms with E-state index in [2.05, 4.69) is 10.4 Å². The standard InChI is InChI=1S/C17H17N3OS/c21-17(12-15-8-4-11-22-15)19-16(13-20-10-5-9-18-20)14-6-2-1-3-7-14/h1-11,16H,12-13H2,(H,19,21). The van der Waals surface area contributed by atoms with E-state index in [1.807, 2.05) is 64.8 Å². The fraction of sp³-hybridized carbons (Fsp3) is 0.176. The molecule has 3 aromatic rings. The third-order valence-electron chi connectivity index (χ3n) is 3.38. The zero-order valence-corrected chi connectivity index (χ0v) is 12.9. The number of hydrogen-bond donors (Lipinski definition) is 1. The third-order valence-corrected chi connectivity index (χ3v) is 4.26. The summed E-state index contributed by atoms with van der Waals surface area (Å²) in [6, 6.07) is 15.7. The molecule has 0 bridgehead atoms. The molecule has 1 N–H and O–H groups in total. The summed E-state index contributed by atoms with van der Waals surface area (Å²) < 4.78 is 1.84. The van der Waals surface area contributed by atoms with Crippen LogP contribution in [0, 0.1) is 0 Å². The first kappa shape index (κ1) is 14.5. The predicted molar refractivity (Wildman–Crippen MR) is 87.6 cm³/mol. The van der Waals surface area contributed by atoms with Crippen molar-refractivity contribution >= 4 is 17.2 Å². The van der Waals surface area contributed by atoms with Crippen molar-refractivity contribution in [3.63, 3.8) is 0 Å². The highest BCUT2D eigenvalue weighted by atomic mass is 32.1. The minimum atomic E-state index is -0.0893. The van der Waals surface area contributed by atoms with Crippen LogP contribution in [0.25, 0.3) is 0 Å². The highest BCUT2D eigenvalue weighted by Crippen LogP contribution is 2.16. The van der Waals surface area contributed by atoms with Gasteiger partial charge in [-0.05, 0) is 23.1 Å². The summed E-state index contributed by atoms with van der Waals surface area (Å²) in [5.74, 6) is 0.0310. The first-order valence-corrected chi connectivity index (χ1v) is 8.03. The Morgan fingerprint density at radius 3 is 2.73 bits per heavy atom. The molecule has 0 spiro atoms. The molecule has 22 heavy (non-hydrogen) atoms. The van der Waals surface area contributed by atoms with Crippen molar-refractivity contribution in [2.45, 2.75) is 19.0 Å². The number of amides is 1. The van der Waals surface area contributed by atoms with E-state index < -0.39 is 0 Å². The number of carbonyl (C=O) groups is 1. The number of carbonyl (C=O) groups excluding carboxylic acids is 1. The lowest BCUT2D eigenvalue weighted by Crippen LogP contribution is -2.32. The fourth-order valence-electron chi connectivity index (χ4n) is 2.33. The zero-order valence-electron chi connectivity index (χ0n) is 12.1. The van der Waals surface area contributed by atoms with Crippen molar-refractivity contribution in [2.75, 3.05) is 0 Å². The van der Waals surface area contributed by atoms with Crippen LogP contribution < -0.4 is 5.32 Å². The third kappa shape index (κ3) is 3.83. The molecule has 1 amide bonds. The Bertz CT molecular complexity index is 693. The summed E-state index contributed by atoms with van der Waals surface area (Å²) >= 11 is 1.60. The molecule has 0 saturated heterocycles. The second kappa shape index (κ2) is 7.04. The van der Waals surface area contributed by atoms with E-state index in [1.54, 1.807) is 17.5 Å². The number of aromatic nitrogens is 2. The van der Waals surface area contributed by atoms with Crippen LogP contribution in [-0.2, 0) is 17.8 Å². The Morgan fingerprint density at radius 1 is 1.18 bits per heavy atom. The minimum Gasteiger partial charge on any atom is -0.347 e. The first-order chi connectivity index (χ1) is 10.8. The second-order valence-corrected chi connectivity index (χ2v) is 6.05. The molecule has 5 heteroatoms. The van der Waals surface area contributed by atoms with E-state index in [-0.39, 0.29) is 11.9 Å². The summed E-state index contributed by atoms with van der Waals surface area (Å²) in [5.41, 5.74) is 1.08. The highest BCUT2D eigenvalue weighted by Gasteiger charge is 2.15. The molecule has 0 saturated carbocycles. The predicted octanol–water partition coefficient (Wildman–Crippen LogP) is 3.04. The van der Waals surface area contributed by atoms with Gasteiger partial charge < -0.3 is 5.32 Å². The maximum absolute atomic E-state index is 12.3. The van der Waals surface area contributed by atoms with Crippen LogP contribution in [0.3, 0.4) is 0 Å². The van der Waals surface area contributed by atoms with Gasteiger partial charge >= 0.3 is 0 Å². The van der Waals surface area contributed by atoms with Gasteiger partial charge in [-0.15, -0.1) is 11.3 Å². The van der Waals surface area contributed by atoms with Crippen LogP contribution in [0.1, 0.15) is 16.5 Å². The average Bonchev–Trinajstić information content (AvgIpc) is 3.21. The monoisotopic (exact) mass is 311 g/mol. The number of nitrogens with zero attached hydrogens (tertiary/aromatic N) is 2. The summed E-state index contributed by atoms with van der Waals surface area (Å²) in [6.07, 6.45) is 4.07. The molecular formula is C17H17N3OS. The average molecular weight is 311 g/mol. The smallest absolute Gasteiger partial charge is 0.225 e. The van der Waals surface area contributed by atoms with Crippen molar-refractivity contribution < 1.29 is 4.79 Å². The summed E-state index contributed by atoms with van der Waals surface area (Å²) in [7, 11) is 0. The van der Waals surface area contributed by atoms with Crippen LogP contribution in [0.15, 0.2) is 66.3 Å². The molecule has 0 radical (unpaired) electrons. The molecule has 0 fully saturated rings. The Morgan fingerprint density at radius 2 is 2.05 bits per heavy atom. The van der Waals surface area contributed by atoms with Gasteiger partial charge in [-0.25, -0.2) is 0 Å². The molecule has 1 unspecified atom stereocenters. The Hall–Kier alpha value is -2.40. The number of nitrogens with one attached hydrogen (secondary N) is 1. The highest BCUT2D eigenvalue weighted by molar-refractivity contribution is 7.10. The Labute approximate surface area is 133 Å². The molecule has 1 aromatic carbocycles. The molecular weight excluding hydrogens is 294 g/mol. The molecule has 2 heterocycles. The number of benzene rings is 1. The van der Waals surface area contributed by atoms with E-state index in [4.69, 9.17) is 0 Å². The van der Waals surface area contributed by atoms with Gasteiger partial charge in [0.05, 0.1) is 19.0 Å². The Balaban J connectivity index is 1.72. The van der Waals surface area contributed by atoms with E-state index in [1.165, 1.54) is 0 Å². The SMILES string of the molecule is O=C(Cc1cccs1)NC(Cn1cccn1)c1ccccc1. The van der Waals surface area contributed by atoms with Crippen LogP contribution in [-0.4, -0.2) is 15.7 Å². The number of hydrogen-bond acceptors (Lipinski definition) is 3. The first-order valence-electron chi connectivity index (χ1n) is 7.15. The molecule has 112 valence electrons. The van der Waals surface area contributed by atoms with Crippen molar-refractivity contribution in [1.82, 2.24) is 15.1 Å². The van der Waals surface area contributed by atoms with Gasteiger partial charge in [0.2, 0.25) is 5.91 Å². The summed E-state index contributed by atoms with van der Waals surface area (Å²) in [5, 5.41) is 9.34. The number of thiophene rings is 1. The van der Waals surface area contributed by atoms with Crippen molar-refractivity contribution in [2.24, 2.45) is 0 Å². The molecule has 0 aliphatic carbocycles. The molecule has 0 aliphatic rings. The van der Waals surface area contributed by atoms with Gasteiger partial charge in [0.1, 0.15) is 0 Å². The molecule has 0 aliphatic heterocycles. The maximum Gasteiger partial charge on any atom is 0.225 e. The lowest BCUT2D eigenvalue weighted by Gasteiger charge is -2.19. The lowest BCUT2D eigenvalue weighted by atomic mass is 10.1. The summed E-state index contributed by atoms with van der Waals surface area (Å²) in [6.45, 7) is 0.618. The topological polar surface area (TPSA) is 46.9 Å². The van der Waals surface area contributed by atoms with E-state index in [0.717, 1.165) is 10.4 Å². The van der Waals surface area contributed by atoms with E-state index >= 15 is 0 Å².